The number of benzene rings is 3. The van der Waals surface area contributed by atoms with Crippen LogP contribution in [0.15, 0.2) is 54.8 Å². The molecule has 306 valence electrons. The molecule has 8 aliphatic rings. The van der Waals surface area contributed by atoms with Gasteiger partial charge in [0.1, 0.15) is 0 Å². The van der Waals surface area contributed by atoms with E-state index < -0.39 is 54.0 Å². The zero-order valence-corrected chi connectivity index (χ0v) is 33.9. The number of anilines is 1. The van der Waals surface area contributed by atoms with Crippen molar-refractivity contribution in [2.24, 2.45) is 23.7 Å². The molecule has 3 aromatic carbocycles. The van der Waals surface area contributed by atoms with Crippen LogP contribution in [0, 0.1) is 30.6 Å². The summed E-state index contributed by atoms with van der Waals surface area (Å²) in [6.45, 7) is 14.3. The molecule has 11 rings (SSSR count). The summed E-state index contributed by atoms with van der Waals surface area (Å²) in [4.78, 5) is 54.2. The van der Waals surface area contributed by atoms with Crippen molar-refractivity contribution in [1.29, 1.82) is 0 Å². The highest BCUT2D eigenvalue weighted by Gasteiger charge is 2.70. The minimum absolute atomic E-state index is 0.00232. The van der Waals surface area contributed by atoms with Gasteiger partial charge in [0.15, 0.2) is 35.3 Å². The lowest BCUT2D eigenvalue weighted by atomic mass is 9.58. The molecule has 5 saturated heterocycles. The lowest BCUT2D eigenvalue weighted by Gasteiger charge is -2.59. The first-order valence-electron chi connectivity index (χ1n) is 20.8. The first-order valence-corrected chi connectivity index (χ1v) is 20.8. The van der Waals surface area contributed by atoms with Crippen LogP contribution in [0.4, 0.5) is 5.69 Å². The molecule has 1 N–H and O–H groups in total. The fourth-order valence-electron chi connectivity index (χ4n) is 11.4. The number of carbonyl (C=O) groups is 3. The van der Waals surface area contributed by atoms with Gasteiger partial charge >= 0.3 is 5.97 Å². The topological polar surface area (TPSA) is 137 Å². The molecule has 58 heavy (non-hydrogen) atoms. The lowest BCUT2D eigenvalue weighted by Crippen LogP contribution is -2.70. The van der Waals surface area contributed by atoms with Gasteiger partial charge < -0.3 is 33.7 Å². The highest BCUT2D eigenvalue weighted by Crippen LogP contribution is 2.61. The summed E-state index contributed by atoms with van der Waals surface area (Å²) in [6, 6.07) is 13.1. The zero-order chi connectivity index (χ0) is 40.5. The molecule has 6 aliphatic heterocycles. The number of ether oxygens (including phenoxy) is 6. The van der Waals surface area contributed by atoms with Gasteiger partial charge in [0.25, 0.3) is 0 Å². The normalized spacial score (nSPS) is 38.1. The number of hydrogen-bond donors (Lipinski definition) is 1. The molecule has 1 saturated carbocycles. The molecule has 12 heteroatoms. The van der Waals surface area contributed by atoms with Crippen LogP contribution in [0.1, 0.15) is 122 Å². The smallest absolute Gasteiger partial charge is 0.308 e. The van der Waals surface area contributed by atoms with Crippen LogP contribution in [-0.4, -0.2) is 66.5 Å². The van der Waals surface area contributed by atoms with Crippen molar-refractivity contribution in [2.45, 2.75) is 128 Å². The molecule has 0 aromatic heterocycles. The molecule has 0 amide bonds. The van der Waals surface area contributed by atoms with E-state index in [1.165, 1.54) is 0 Å². The Morgan fingerprint density at radius 2 is 1.69 bits per heavy atom. The van der Waals surface area contributed by atoms with Gasteiger partial charge in [-0.2, -0.15) is 0 Å². The lowest BCUT2D eigenvalue weighted by molar-refractivity contribution is -0.576. The van der Waals surface area contributed by atoms with Crippen molar-refractivity contribution in [2.75, 3.05) is 12.4 Å². The molecule has 3 aromatic rings. The second-order valence-corrected chi connectivity index (χ2v) is 17.9. The number of allylic oxidation sites excluding steroid dienone is 1. The molecule has 1 spiro atoms. The van der Waals surface area contributed by atoms with Crippen molar-refractivity contribution in [3.05, 3.63) is 88.2 Å². The SMILES string of the molecule is C=C(CCC(=O)OC1OC2O[C@]3(C)CC[C@H]4[C@H](C)CCC([C@H]1C)[C@@]24OO3)O[C@H]1[C@H](C)OC2CC1(OC)Nc1c2ccc2c1C(=O)c1ccc3cc(C)ccc3c1C2=O. The Hall–Kier alpha value is -4.17. The summed E-state index contributed by atoms with van der Waals surface area (Å²) in [5, 5.41) is 5.20. The predicted octanol–water partition coefficient (Wildman–Crippen LogP) is 7.97. The molecule has 12 nitrogen and oxygen atoms in total. The van der Waals surface area contributed by atoms with E-state index in [4.69, 9.17) is 38.2 Å². The quantitative estimate of drug-likeness (QED) is 0.110. The van der Waals surface area contributed by atoms with Crippen molar-refractivity contribution in [1.82, 2.24) is 0 Å². The van der Waals surface area contributed by atoms with Crippen molar-refractivity contribution in [3.8, 4) is 0 Å². The summed E-state index contributed by atoms with van der Waals surface area (Å²) < 4.78 is 38.2. The third-order valence-corrected chi connectivity index (χ3v) is 14.4. The van der Waals surface area contributed by atoms with Crippen LogP contribution < -0.4 is 5.32 Å². The van der Waals surface area contributed by atoms with Gasteiger partial charge in [-0.25, -0.2) is 9.78 Å². The summed E-state index contributed by atoms with van der Waals surface area (Å²) in [7, 11) is 1.58. The van der Waals surface area contributed by atoms with Gasteiger partial charge in [0, 0.05) is 60.5 Å². The van der Waals surface area contributed by atoms with Crippen molar-refractivity contribution < 1.29 is 52.6 Å². The fourth-order valence-corrected chi connectivity index (χ4v) is 11.4. The van der Waals surface area contributed by atoms with E-state index in [1.807, 2.05) is 58.0 Å². The van der Waals surface area contributed by atoms with Gasteiger partial charge in [-0.15, -0.1) is 0 Å². The third-order valence-electron chi connectivity index (χ3n) is 14.4. The van der Waals surface area contributed by atoms with Crippen molar-refractivity contribution in [3.63, 3.8) is 0 Å². The van der Waals surface area contributed by atoms with Gasteiger partial charge in [-0.05, 0) is 74.8 Å². The molecule has 4 bridgehead atoms. The summed E-state index contributed by atoms with van der Waals surface area (Å²) in [5.74, 6) is -0.965. The maximum atomic E-state index is 14.4. The largest absolute Gasteiger partial charge is 0.488 e. The number of ketones is 2. The minimum Gasteiger partial charge on any atom is -0.488 e. The van der Waals surface area contributed by atoms with Crippen LogP contribution in [0.2, 0.25) is 0 Å². The molecule has 2 aliphatic carbocycles. The Morgan fingerprint density at radius 1 is 0.914 bits per heavy atom. The Kier molecular flexibility index (Phi) is 8.81. The standard InChI is InChI=1S/C46H51NO11/c1-22-8-12-28-27(20-22)11-13-30-36(28)39(49)31-15-14-29-34-21-45(51-7,47-38(29)37(31)40(30)50)41(26(5)53-34)52-24(3)10-17-35(48)54-42-25(4)33-16-9-23(2)32-18-19-44(6)56-43(55-42)46(32,33)58-57-44/h8,11-15,20,23,25-26,32-34,41-43,47H,3,9-10,16-19,21H2,1-2,4-7H3/t23-,25-,26+,32+,33?,34?,41+,42?,43?,44+,45?,46-/m1/s1. The van der Waals surface area contributed by atoms with E-state index in [0.717, 1.165) is 41.2 Å². The number of carbonyl (C=O) groups excluding carboxylic acids is 3. The monoisotopic (exact) mass is 793 g/mol. The van der Waals surface area contributed by atoms with Gasteiger partial charge in [0.05, 0.1) is 35.6 Å². The summed E-state index contributed by atoms with van der Waals surface area (Å²) in [6.07, 6.45) is 0.937. The average Bonchev–Trinajstić information content (AvgIpc) is 3.44. The van der Waals surface area contributed by atoms with E-state index >= 15 is 0 Å². The Labute approximate surface area is 337 Å². The number of fused-ring (bicyclic) bond motifs is 11. The molecular weight excluding hydrogens is 743 g/mol. The molecule has 6 fully saturated rings. The number of esters is 1. The van der Waals surface area contributed by atoms with E-state index in [0.29, 0.717) is 52.5 Å². The summed E-state index contributed by atoms with van der Waals surface area (Å²) in [5.41, 5.74) is 1.86. The number of hydrogen-bond acceptors (Lipinski definition) is 12. The van der Waals surface area contributed by atoms with E-state index in [9.17, 15) is 14.4 Å². The van der Waals surface area contributed by atoms with E-state index in [-0.39, 0.29) is 42.2 Å². The second kappa shape index (κ2) is 13.4. The highest BCUT2D eigenvalue weighted by molar-refractivity contribution is 6.33. The second-order valence-electron chi connectivity index (χ2n) is 17.9. The highest BCUT2D eigenvalue weighted by atomic mass is 17.3. The van der Waals surface area contributed by atoms with Crippen LogP contribution in [0.25, 0.3) is 10.8 Å². The van der Waals surface area contributed by atoms with Crippen LogP contribution in [-0.2, 0) is 43.0 Å². The predicted molar refractivity (Wildman–Crippen MR) is 209 cm³/mol. The first kappa shape index (κ1) is 38.1. The number of nitrogens with one attached hydrogen (secondary N) is 1. The Morgan fingerprint density at radius 3 is 2.50 bits per heavy atom. The van der Waals surface area contributed by atoms with Crippen molar-refractivity contribution >= 4 is 34.0 Å². The fraction of sp³-hybridized carbons (Fsp3) is 0.543. The molecule has 6 heterocycles. The zero-order valence-electron chi connectivity index (χ0n) is 33.9. The number of aryl methyl sites for hydroxylation is 1. The Balaban J connectivity index is 0.846. The Bertz CT molecular complexity index is 2270. The minimum atomic E-state index is -1.14. The van der Waals surface area contributed by atoms with Gasteiger partial charge in [-0.3, -0.25) is 14.4 Å². The van der Waals surface area contributed by atoms with E-state index in [1.54, 1.807) is 19.2 Å². The maximum Gasteiger partial charge on any atom is 0.308 e. The molecule has 12 atom stereocenters. The van der Waals surface area contributed by atoms with Crippen LogP contribution in [0.3, 0.4) is 0 Å². The van der Waals surface area contributed by atoms with E-state index in [2.05, 4.69) is 18.8 Å². The molecule has 0 radical (unpaired) electrons. The average molecular weight is 794 g/mol. The molecule has 5 unspecified atom stereocenters. The third kappa shape index (κ3) is 5.51. The van der Waals surface area contributed by atoms with Gasteiger partial charge in [0.2, 0.25) is 12.1 Å². The molecular formula is C46H51NO11. The van der Waals surface area contributed by atoms with Crippen LogP contribution >= 0.6 is 0 Å². The number of rotatable bonds is 7. The first-order chi connectivity index (χ1) is 27.8. The maximum absolute atomic E-state index is 14.4. The number of methoxy groups -OCH3 is 1. The van der Waals surface area contributed by atoms with Crippen LogP contribution in [0.5, 0.6) is 0 Å². The summed E-state index contributed by atoms with van der Waals surface area (Å²) >= 11 is 0. The van der Waals surface area contributed by atoms with Gasteiger partial charge in [-0.1, -0.05) is 56.3 Å².